The predicted octanol–water partition coefficient (Wildman–Crippen LogP) is 5.24. The highest BCUT2D eigenvalue weighted by Gasteiger charge is 2.08. The lowest BCUT2D eigenvalue weighted by Gasteiger charge is -2.06. The van der Waals surface area contributed by atoms with Crippen LogP contribution in [0.4, 0.5) is 0 Å². The number of rotatable bonds is 8. The third-order valence-corrected chi connectivity index (χ3v) is 4.31. The van der Waals surface area contributed by atoms with Gasteiger partial charge in [-0.3, -0.25) is 0 Å². The molecule has 144 valence electrons. The average Bonchev–Trinajstić information content (AvgIpc) is 3.27. The van der Waals surface area contributed by atoms with Gasteiger partial charge in [0.2, 0.25) is 0 Å². The van der Waals surface area contributed by atoms with E-state index in [1.165, 1.54) is 0 Å². The summed E-state index contributed by atoms with van der Waals surface area (Å²) in [6.07, 6.45) is 6.05. The van der Waals surface area contributed by atoms with E-state index >= 15 is 0 Å². The number of aromatic nitrogens is 1. The van der Waals surface area contributed by atoms with Gasteiger partial charge in [-0.1, -0.05) is 30.6 Å². The lowest BCUT2D eigenvalue weighted by molar-refractivity contribution is 0.0516. The molecule has 0 bridgehead atoms. The standard InChI is InChI=1S/C23H24N2O3/c1-3-4-17-27-22-13-9-20(10-14-22)23(26)28-24-18(2)19-7-11-21(12-8-19)25-15-5-6-16-25/h5-16H,3-4,17H2,1-2H3/b24-18+. The van der Waals surface area contributed by atoms with E-state index in [1.54, 1.807) is 24.3 Å². The molecule has 0 N–H and O–H groups in total. The molecular formula is C23H24N2O3. The van der Waals surface area contributed by atoms with E-state index < -0.39 is 5.97 Å². The molecule has 0 unspecified atom stereocenters. The fraction of sp³-hybridized carbons (Fsp3) is 0.217. The van der Waals surface area contributed by atoms with Crippen LogP contribution >= 0.6 is 0 Å². The van der Waals surface area contributed by atoms with Crippen LogP contribution in [0.25, 0.3) is 5.69 Å². The normalized spacial score (nSPS) is 11.3. The SMILES string of the molecule is CCCCOc1ccc(C(=O)O/N=C(\C)c2ccc(-n3cccc3)cc2)cc1. The van der Waals surface area contributed by atoms with E-state index in [2.05, 4.69) is 12.1 Å². The Balaban J connectivity index is 1.58. The van der Waals surface area contributed by atoms with Crippen LogP contribution in [0.15, 0.2) is 78.2 Å². The van der Waals surface area contributed by atoms with Crippen molar-refractivity contribution in [2.75, 3.05) is 6.61 Å². The van der Waals surface area contributed by atoms with Crippen LogP contribution in [-0.2, 0) is 4.84 Å². The van der Waals surface area contributed by atoms with Crippen molar-refractivity contribution in [2.24, 2.45) is 5.16 Å². The molecule has 1 heterocycles. The summed E-state index contributed by atoms with van der Waals surface area (Å²) >= 11 is 0. The summed E-state index contributed by atoms with van der Waals surface area (Å²) in [6, 6.07) is 18.7. The minimum Gasteiger partial charge on any atom is -0.494 e. The van der Waals surface area contributed by atoms with Gasteiger partial charge in [0, 0.05) is 18.1 Å². The fourth-order valence-electron chi connectivity index (χ4n) is 2.62. The summed E-state index contributed by atoms with van der Waals surface area (Å²) in [5.74, 6) is 0.246. The number of ether oxygens (including phenoxy) is 1. The Morgan fingerprint density at radius 2 is 1.61 bits per heavy atom. The van der Waals surface area contributed by atoms with Crippen LogP contribution in [0.5, 0.6) is 5.75 Å². The van der Waals surface area contributed by atoms with Crippen molar-refractivity contribution in [3.63, 3.8) is 0 Å². The van der Waals surface area contributed by atoms with Gasteiger partial charge in [0.15, 0.2) is 0 Å². The molecule has 28 heavy (non-hydrogen) atoms. The molecule has 0 saturated heterocycles. The minimum absolute atomic E-state index is 0.433. The van der Waals surface area contributed by atoms with Crippen molar-refractivity contribution in [2.45, 2.75) is 26.7 Å². The molecule has 0 aliphatic carbocycles. The van der Waals surface area contributed by atoms with E-state index in [4.69, 9.17) is 9.57 Å². The van der Waals surface area contributed by atoms with E-state index in [0.29, 0.717) is 17.9 Å². The van der Waals surface area contributed by atoms with Crippen molar-refractivity contribution >= 4 is 11.7 Å². The maximum atomic E-state index is 12.2. The molecule has 0 fully saturated rings. The zero-order chi connectivity index (χ0) is 19.8. The molecule has 5 heteroatoms. The topological polar surface area (TPSA) is 52.8 Å². The highest BCUT2D eigenvalue weighted by atomic mass is 16.7. The first-order valence-corrected chi connectivity index (χ1v) is 9.40. The number of carbonyl (C=O) groups is 1. The molecular weight excluding hydrogens is 352 g/mol. The van der Waals surface area contributed by atoms with Crippen LogP contribution < -0.4 is 4.74 Å². The Bertz CT molecular complexity index is 911. The molecule has 0 saturated carbocycles. The van der Waals surface area contributed by atoms with Gasteiger partial charge < -0.3 is 14.1 Å². The summed E-state index contributed by atoms with van der Waals surface area (Å²) in [7, 11) is 0. The first kappa shape index (κ1) is 19.4. The number of carbonyl (C=O) groups excluding carboxylic acids is 1. The zero-order valence-electron chi connectivity index (χ0n) is 16.2. The van der Waals surface area contributed by atoms with E-state index in [9.17, 15) is 4.79 Å². The monoisotopic (exact) mass is 376 g/mol. The third kappa shape index (κ3) is 5.10. The molecule has 0 aliphatic rings. The molecule has 0 radical (unpaired) electrons. The van der Waals surface area contributed by atoms with E-state index in [0.717, 1.165) is 29.8 Å². The Labute approximate surface area is 165 Å². The molecule has 3 aromatic rings. The van der Waals surface area contributed by atoms with Gasteiger partial charge in [0.25, 0.3) is 0 Å². The number of unbranched alkanes of at least 4 members (excludes halogenated alkanes) is 1. The van der Waals surface area contributed by atoms with Crippen molar-refractivity contribution < 1.29 is 14.4 Å². The molecule has 0 spiro atoms. The van der Waals surface area contributed by atoms with Gasteiger partial charge in [-0.05, 0) is 67.4 Å². The Morgan fingerprint density at radius 1 is 0.964 bits per heavy atom. The van der Waals surface area contributed by atoms with E-state index in [-0.39, 0.29) is 0 Å². The van der Waals surface area contributed by atoms with Gasteiger partial charge in [-0.2, -0.15) is 0 Å². The maximum Gasteiger partial charge on any atom is 0.365 e. The summed E-state index contributed by atoms with van der Waals surface area (Å²) in [4.78, 5) is 17.3. The highest BCUT2D eigenvalue weighted by molar-refractivity contribution is 5.99. The van der Waals surface area contributed by atoms with Gasteiger partial charge in [-0.25, -0.2) is 4.79 Å². The number of benzene rings is 2. The Morgan fingerprint density at radius 3 is 2.25 bits per heavy atom. The van der Waals surface area contributed by atoms with Crippen LogP contribution in [0, 0.1) is 0 Å². The minimum atomic E-state index is -0.497. The smallest absolute Gasteiger partial charge is 0.365 e. The lowest BCUT2D eigenvalue weighted by Crippen LogP contribution is -2.04. The van der Waals surface area contributed by atoms with Crippen LogP contribution in [0.2, 0.25) is 0 Å². The summed E-state index contributed by atoms with van der Waals surface area (Å²) in [5, 5.41) is 3.98. The molecule has 1 aromatic heterocycles. The van der Waals surface area contributed by atoms with Gasteiger partial charge in [0.1, 0.15) is 5.75 Å². The number of oxime groups is 1. The molecule has 0 aliphatic heterocycles. The van der Waals surface area contributed by atoms with E-state index in [1.807, 2.05) is 60.3 Å². The van der Waals surface area contributed by atoms with Gasteiger partial charge in [0.05, 0.1) is 17.9 Å². The number of nitrogens with zero attached hydrogens (tertiary/aromatic N) is 2. The summed E-state index contributed by atoms with van der Waals surface area (Å²) in [5.41, 5.74) is 3.01. The molecule has 5 nitrogen and oxygen atoms in total. The fourth-order valence-corrected chi connectivity index (χ4v) is 2.62. The van der Waals surface area contributed by atoms with Gasteiger partial charge >= 0.3 is 5.97 Å². The molecule has 0 amide bonds. The first-order chi connectivity index (χ1) is 13.7. The lowest BCUT2D eigenvalue weighted by atomic mass is 10.1. The largest absolute Gasteiger partial charge is 0.494 e. The zero-order valence-corrected chi connectivity index (χ0v) is 16.2. The van der Waals surface area contributed by atoms with Crippen LogP contribution in [0.1, 0.15) is 42.6 Å². The molecule has 3 rings (SSSR count). The average molecular weight is 376 g/mol. The van der Waals surface area contributed by atoms with Crippen molar-refractivity contribution in [1.29, 1.82) is 0 Å². The first-order valence-electron chi connectivity index (χ1n) is 9.40. The van der Waals surface area contributed by atoms with Crippen LogP contribution in [-0.4, -0.2) is 22.9 Å². The summed E-state index contributed by atoms with van der Waals surface area (Å²) < 4.78 is 7.61. The van der Waals surface area contributed by atoms with Crippen LogP contribution in [0.3, 0.4) is 0 Å². The highest BCUT2D eigenvalue weighted by Crippen LogP contribution is 2.14. The Hall–Kier alpha value is -3.34. The molecule has 2 aromatic carbocycles. The second-order valence-electron chi connectivity index (χ2n) is 6.42. The number of hydrogen-bond acceptors (Lipinski definition) is 4. The van der Waals surface area contributed by atoms with Gasteiger partial charge in [-0.15, -0.1) is 0 Å². The van der Waals surface area contributed by atoms with Crippen molar-refractivity contribution in [1.82, 2.24) is 4.57 Å². The summed E-state index contributed by atoms with van der Waals surface area (Å²) in [6.45, 7) is 4.59. The molecule has 0 atom stereocenters. The van der Waals surface area contributed by atoms with Crippen molar-refractivity contribution in [3.05, 3.63) is 84.2 Å². The second-order valence-corrected chi connectivity index (χ2v) is 6.42. The van der Waals surface area contributed by atoms with Crippen molar-refractivity contribution in [3.8, 4) is 11.4 Å². The maximum absolute atomic E-state index is 12.2. The predicted molar refractivity (Wildman–Crippen MR) is 110 cm³/mol. The second kappa shape index (κ2) is 9.55. The number of hydrogen-bond donors (Lipinski definition) is 0. The quantitative estimate of drug-likeness (QED) is 0.234. The Kier molecular flexibility index (Phi) is 6.63. The third-order valence-electron chi connectivity index (χ3n) is 4.31.